The van der Waals surface area contributed by atoms with Gasteiger partial charge in [-0.05, 0) is 37.3 Å². The first kappa shape index (κ1) is 21.6. The number of carboxylic acids is 1. The Hall–Kier alpha value is -3.42. The molecular weight excluding hydrogens is 356 g/mol. The number of phenolic OH excluding ortho intramolecular Hbond substituents is 1. The molecule has 0 aliphatic heterocycles. The van der Waals surface area contributed by atoms with Gasteiger partial charge in [-0.1, -0.05) is 0 Å². The van der Waals surface area contributed by atoms with Gasteiger partial charge < -0.3 is 34.0 Å². The standard InChI is InChI=1S/C17H18O6.C2H4O2/c1-20-13-6-5-10(7-12(13)18)16(19)11-8-14(21-2)17(23-4)15(9-11)22-3;1-2(3)4/h5-9,18H,1-4H3;1H3,(H,3,4)/p-1. The summed E-state index contributed by atoms with van der Waals surface area (Å²) >= 11 is 0. The molecule has 0 unspecified atom stereocenters. The first-order valence-electron chi connectivity index (χ1n) is 7.68. The molecule has 0 aliphatic rings. The van der Waals surface area contributed by atoms with Gasteiger partial charge in [0.15, 0.2) is 28.8 Å². The summed E-state index contributed by atoms with van der Waals surface area (Å²) in [7, 11) is 5.88. The van der Waals surface area contributed by atoms with E-state index < -0.39 is 5.97 Å². The average molecular weight is 377 g/mol. The third kappa shape index (κ3) is 5.53. The zero-order chi connectivity index (χ0) is 20.6. The minimum atomic E-state index is -1.08. The summed E-state index contributed by atoms with van der Waals surface area (Å²) in [4.78, 5) is 21.5. The maximum Gasteiger partial charge on any atom is 0.203 e. The van der Waals surface area contributed by atoms with Crippen molar-refractivity contribution in [3.63, 3.8) is 0 Å². The van der Waals surface area contributed by atoms with Gasteiger partial charge in [-0.15, -0.1) is 0 Å². The van der Waals surface area contributed by atoms with Gasteiger partial charge in [0, 0.05) is 17.1 Å². The second-order valence-electron chi connectivity index (χ2n) is 5.12. The van der Waals surface area contributed by atoms with Crippen LogP contribution in [-0.4, -0.2) is 45.3 Å². The lowest BCUT2D eigenvalue weighted by atomic mass is 10.0. The van der Waals surface area contributed by atoms with E-state index in [2.05, 4.69) is 0 Å². The van der Waals surface area contributed by atoms with E-state index in [1.807, 2.05) is 0 Å². The summed E-state index contributed by atoms with van der Waals surface area (Å²) in [6.45, 7) is 0.972. The van der Waals surface area contributed by atoms with Crippen molar-refractivity contribution in [1.82, 2.24) is 0 Å². The largest absolute Gasteiger partial charge is 0.550 e. The topological polar surface area (TPSA) is 114 Å². The molecule has 8 heteroatoms. The molecule has 0 spiro atoms. The van der Waals surface area contributed by atoms with E-state index in [4.69, 9.17) is 28.8 Å². The molecule has 2 aromatic rings. The maximum atomic E-state index is 12.6. The van der Waals surface area contributed by atoms with Crippen LogP contribution in [0.25, 0.3) is 0 Å². The van der Waals surface area contributed by atoms with Crippen molar-refractivity contribution >= 4 is 11.8 Å². The van der Waals surface area contributed by atoms with Gasteiger partial charge in [0.2, 0.25) is 5.75 Å². The van der Waals surface area contributed by atoms with Crippen LogP contribution in [0.3, 0.4) is 0 Å². The Morgan fingerprint density at radius 2 is 1.30 bits per heavy atom. The normalized spacial score (nSPS) is 9.52. The van der Waals surface area contributed by atoms with Crippen LogP contribution in [-0.2, 0) is 4.79 Å². The van der Waals surface area contributed by atoms with Crippen molar-refractivity contribution in [2.75, 3.05) is 28.4 Å². The van der Waals surface area contributed by atoms with Crippen molar-refractivity contribution in [1.29, 1.82) is 0 Å². The van der Waals surface area contributed by atoms with Gasteiger partial charge >= 0.3 is 0 Å². The smallest absolute Gasteiger partial charge is 0.203 e. The molecule has 0 aromatic heterocycles. The van der Waals surface area contributed by atoms with Gasteiger partial charge in [0.1, 0.15) is 0 Å². The number of ketones is 1. The molecule has 2 rings (SSSR count). The molecule has 1 N–H and O–H groups in total. The van der Waals surface area contributed by atoms with Crippen molar-refractivity contribution in [3.8, 4) is 28.7 Å². The van der Waals surface area contributed by atoms with Crippen molar-refractivity contribution in [2.45, 2.75) is 6.92 Å². The maximum absolute atomic E-state index is 12.6. The summed E-state index contributed by atoms with van der Waals surface area (Å²) in [6.07, 6.45) is 0. The number of carbonyl (C=O) groups excluding carboxylic acids is 2. The molecule has 0 heterocycles. The molecule has 8 nitrogen and oxygen atoms in total. The zero-order valence-corrected chi connectivity index (χ0v) is 15.7. The fourth-order valence-electron chi connectivity index (χ4n) is 2.21. The van der Waals surface area contributed by atoms with Gasteiger partial charge in [0.25, 0.3) is 0 Å². The van der Waals surface area contributed by atoms with E-state index in [1.54, 1.807) is 18.2 Å². The molecule has 0 aliphatic carbocycles. The zero-order valence-electron chi connectivity index (χ0n) is 15.7. The number of phenols is 1. The number of carboxylic acid groups (broad SMARTS) is 1. The monoisotopic (exact) mass is 377 g/mol. The Morgan fingerprint density at radius 3 is 1.67 bits per heavy atom. The van der Waals surface area contributed by atoms with E-state index in [1.165, 1.54) is 40.6 Å². The van der Waals surface area contributed by atoms with Crippen LogP contribution < -0.4 is 24.1 Å². The second kappa shape index (κ2) is 9.91. The van der Waals surface area contributed by atoms with Crippen LogP contribution in [0.5, 0.6) is 28.7 Å². The Balaban J connectivity index is 0.000000828. The van der Waals surface area contributed by atoms with Gasteiger partial charge in [-0.2, -0.15) is 0 Å². The van der Waals surface area contributed by atoms with E-state index in [0.29, 0.717) is 34.1 Å². The van der Waals surface area contributed by atoms with E-state index in [-0.39, 0.29) is 11.5 Å². The first-order valence-corrected chi connectivity index (χ1v) is 7.68. The number of ether oxygens (including phenoxy) is 4. The fraction of sp³-hybridized carbons (Fsp3) is 0.263. The number of aliphatic carboxylic acids is 1. The van der Waals surface area contributed by atoms with Crippen LogP contribution in [0.4, 0.5) is 0 Å². The molecule has 0 fully saturated rings. The summed E-state index contributed by atoms with van der Waals surface area (Å²) in [5.41, 5.74) is 0.668. The molecule has 0 amide bonds. The van der Waals surface area contributed by atoms with Crippen LogP contribution in [0.1, 0.15) is 22.8 Å². The number of aromatic hydroxyl groups is 1. The molecule has 0 bridgehead atoms. The summed E-state index contributed by atoms with van der Waals surface area (Å²) in [5, 5.41) is 18.7. The summed E-state index contributed by atoms with van der Waals surface area (Å²) in [6, 6.07) is 7.57. The van der Waals surface area contributed by atoms with Crippen molar-refractivity contribution < 1.29 is 38.7 Å². The highest BCUT2D eigenvalue weighted by molar-refractivity contribution is 6.10. The third-order valence-electron chi connectivity index (χ3n) is 3.37. The average Bonchev–Trinajstić information content (AvgIpc) is 2.65. The minimum Gasteiger partial charge on any atom is -0.550 e. The Kier molecular flexibility index (Phi) is 7.93. The lowest BCUT2D eigenvalue weighted by Gasteiger charge is -2.14. The predicted molar refractivity (Wildman–Crippen MR) is 94.9 cm³/mol. The molecular formula is C19H21O8-. The van der Waals surface area contributed by atoms with E-state index in [0.717, 1.165) is 6.92 Å². The summed E-state index contributed by atoms with van der Waals surface area (Å²) < 4.78 is 20.7. The number of carbonyl (C=O) groups is 2. The van der Waals surface area contributed by atoms with Crippen molar-refractivity contribution in [2.24, 2.45) is 0 Å². The number of hydrogen-bond acceptors (Lipinski definition) is 8. The van der Waals surface area contributed by atoms with Gasteiger partial charge in [0.05, 0.1) is 28.4 Å². The molecule has 0 saturated carbocycles. The highest BCUT2D eigenvalue weighted by Gasteiger charge is 2.19. The van der Waals surface area contributed by atoms with Crippen LogP contribution >= 0.6 is 0 Å². The van der Waals surface area contributed by atoms with Gasteiger partial charge in [-0.25, -0.2) is 0 Å². The highest BCUT2D eigenvalue weighted by atomic mass is 16.5. The van der Waals surface area contributed by atoms with Crippen LogP contribution in [0.15, 0.2) is 30.3 Å². The Labute approximate surface area is 156 Å². The summed E-state index contributed by atoms with van der Waals surface area (Å²) in [5.74, 6) is -0.00978. The lowest BCUT2D eigenvalue weighted by Crippen LogP contribution is -2.16. The molecule has 146 valence electrons. The second-order valence-corrected chi connectivity index (χ2v) is 5.12. The van der Waals surface area contributed by atoms with Crippen molar-refractivity contribution in [3.05, 3.63) is 41.5 Å². The highest BCUT2D eigenvalue weighted by Crippen LogP contribution is 2.39. The molecule has 27 heavy (non-hydrogen) atoms. The Bertz CT molecular complexity index is 784. The third-order valence-corrected chi connectivity index (χ3v) is 3.37. The molecule has 0 saturated heterocycles. The van der Waals surface area contributed by atoms with Gasteiger partial charge in [-0.3, -0.25) is 4.79 Å². The SMILES string of the molecule is CC(=O)[O-].COc1ccc(C(=O)c2cc(OC)c(OC)c(OC)c2)cc1O. The van der Waals surface area contributed by atoms with E-state index >= 15 is 0 Å². The van der Waals surface area contributed by atoms with E-state index in [9.17, 15) is 9.90 Å². The fourth-order valence-corrected chi connectivity index (χ4v) is 2.21. The lowest BCUT2D eigenvalue weighted by molar-refractivity contribution is -0.302. The number of hydrogen-bond donors (Lipinski definition) is 1. The first-order chi connectivity index (χ1) is 12.8. The number of methoxy groups -OCH3 is 4. The molecule has 2 aromatic carbocycles. The number of benzene rings is 2. The number of rotatable bonds is 6. The molecule has 0 atom stereocenters. The minimum absolute atomic E-state index is 0.106. The quantitative estimate of drug-likeness (QED) is 0.752. The predicted octanol–water partition coefficient (Wildman–Crippen LogP) is 1.41. The Morgan fingerprint density at radius 1 is 0.815 bits per heavy atom. The molecule has 0 radical (unpaired) electrons. The van der Waals surface area contributed by atoms with Crippen LogP contribution in [0.2, 0.25) is 0 Å². The van der Waals surface area contributed by atoms with Crippen LogP contribution in [0, 0.1) is 0 Å².